The molecule has 470 valence electrons. The van der Waals surface area contributed by atoms with Gasteiger partial charge in [0.2, 0.25) is 0 Å². The van der Waals surface area contributed by atoms with E-state index in [1.807, 2.05) is 96.6 Å². The summed E-state index contributed by atoms with van der Waals surface area (Å²) in [5, 5.41) is 23.1. The van der Waals surface area contributed by atoms with Gasteiger partial charge in [-0.15, -0.1) is 14.0 Å². The lowest BCUT2D eigenvalue weighted by molar-refractivity contribution is -0.585. The summed E-state index contributed by atoms with van der Waals surface area (Å²) in [5.41, 5.74) is 24.8. The Morgan fingerprint density at radius 1 is 0.326 bits per heavy atom. The van der Waals surface area contributed by atoms with Crippen molar-refractivity contribution in [3.8, 4) is 51.2 Å². The molecule has 17 aromatic rings. The molecule has 7 heterocycles. The molecular formula is C82H76N9O4+3. The summed E-state index contributed by atoms with van der Waals surface area (Å²) < 4.78 is 37.9. The van der Waals surface area contributed by atoms with Crippen molar-refractivity contribution in [2.24, 2.45) is 21.1 Å². The number of nitrogens with zero attached hydrogens (tertiary/aromatic N) is 9. The number of benzene rings is 10. The highest BCUT2D eigenvalue weighted by atomic mass is 16.3. The molecule has 0 spiro atoms. The average molecular weight is 1250 g/mol. The number of fused-ring (bicyclic) bond motifs is 12. The van der Waals surface area contributed by atoms with Crippen LogP contribution in [0.1, 0.15) is 89.6 Å². The zero-order chi connectivity index (χ0) is 65.8. The Morgan fingerprint density at radius 2 is 0.695 bits per heavy atom. The zero-order valence-corrected chi connectivity index (χ0v) is 56.3. The van der Waals surface area contributed by atoms with Crippen molar-refractivity contribution in [1.82, 2.24) is 29.3 Å². The maximum Gasteiger partial charge on any atom is 0.276 e. The molecule has 10 aromatic carbocycles. The van der Waals surface area contributed by atoms with Crippen molar-refractivity contribution in [3.63, 3.8) is 0 Å². The predicted molar refractivity (Wildman–Crippen MR) is 381 cm³/mol. The van der Waals surface area contributed by atoms with E-state index in [-0.39, 0.29) is 5.92 Å². The number of furan rings is 4. The number of hydrogen-bond donors (Lipinski definition) is 0. The molecule has 7 aromatic heterocycles. The molecular weight excluding hydrogens is 1170 g/mol. The van der Waals surface area contributed by atoms with Crippen molar-refractivity contribution in [2.45, 2.75) is 88.0 Å². The van der Waals surface area contributed by atoms with Gasteiger partial charge in [-0.1, -0.05) is 149 Å². The summed E-state index contributed by atoms with van der Waals surface area (Å²) in [6, 6.07) is 61.0. The Morgan fingerprint density at radius 3 is 1.14 bits per heavy atom. The molecule has 0 N–H and O–H groups in total. The molecule has 0 bridgehead atoms. The van der Waals surface area contributed by atoms with Crippen molar-refractivity contribution < 1.29 is 31.4 Å². The fourth-order valence-electron chi connectivity index (χ4n) is 14.6. The summed E-state index contributed by atoms with van der Waals surface area (Å²) in [5.74, 6) is 3.72. The van der Waals surface area contributed by atoms with Gasteiger partial charge < -0.3 is 17.7 Å². The molecule has 0 fully saturated rings. The van der Waals surface area contributed by atoms with Crippen molar-refractivity contribution >= 4 is 87.8 Å². The van der Waals surface area contributed by atoms with Gasteiger partial charge in [-0.25, -0.2) is 0 Å². The summed E-state index contributed by atoms with van der Waals surface area (Å²) in [6.45, 7) is 24.0. The van der Waals surface area contributed by atoms with E-state index in [2.05, 4.69) is 239 Å². The minimum Gasteiger partial charge on any atom is -0.456 e. The van der Waals surface area contributed by atoms with Crippen LogP contribution in [0, 0.1) is 48.5 Å². The van der Waals surface area contributed by atoms with E-state index in [1.54, 1.807) is 0 Å². The van der Waals surface area contributed by atoms with Crippen LogP contribution in [-0.4, -0.2) is 29.3 Å². The zero-order valence-electron chi connectivity index (χ0n) is 56.3. The van der Waals surface area contributed by atoms with Crippen molar-refractivity contribution in [1.29, 1.82) is 0 Å². The molecule has 13 heteroatoms. The lowest BCUT2D eigenvalue weighted by Gasteiger charge is -2.19. The van der Waals surface area contributed by atoms with Crippen LogP contribution < -0.4 is 13.7 Å². The largest absolute Gasteiger partial charge is 0.456 e. The fourth-order valence-corrected chi connectivity index (χ4v) is 14.6. The quantitative estimate of drug-likeness (QED) is 0.139. The Labute approximate surface area is 550 Å². The second kappa shape index (κ2) is 23.4. The normalized spacial score (nSPS) is 11.9. The third-order valence-electron chi connectivity index (χ3n) is 19.1. The van der Waals surface area contributed by atoms with E-state index in [4.69, 9.17) is 17.7 Å². The average Bonchev–Trinajstić information content (AvgIpc) is 1.63. The molecule has 0 aliphatic rings. The number of aromatic nitrogens is 9. The first kappa shape index (κ1) is 60.1. The lowest BCUT2D eigenvalue weighted by atomic mass is 9.89. The molecule has 0 saturated heterocycles. The SMILES string of the molecule is Cc1cc2c(oc3ccccc32)c(C)c1-[n+]1cnn(C)c1-c1c(C)ccc2c1oc1ccccc12.Cc1ccccc1-c1n(C)nc[n+]1-c1c(C(C)C)cc2c(oc3ccccc32)c1C(C)C.Cc1ccccc1-c1n(C)nc[n+]1-c1c(C)cc2c(oc3ccccc32)c1C. The molecule has 95 heavy (non-hydrogen) atoms. The van der Waals surface area contributed by atoms with Crippen LogP contribution in [0.2, 0.25) is 0 Å². The number of hydrogen-bond acceptors (Lipinski definition) is 7. The van der Waals surface area contributed by atoms with Crippen LogP contribution in [-0.2, 0) is 21.1 Å². The summed E-state index contributed by atoms with van der Waals surface area (Å²) in [4.78, 5) is 0. The van der Waals surface area contributed by atoms with Crippen molar-refractivity contribution in [2.75, 3.05) is 0 Å². The van der Waals surface area contributed by atoms with Gasteiger partial charge >= 0.3 is 0 Å². The van der Waals surface area contributed by atoms with Crippen LogP contribution in [0.3, 0.4) is 0 Å². The minimum atomic E-state index is 0.282. The Balaban J connectivity index is 0.000000118. The van der Waals surface area contributed by atoms with Gasteiger partial charge in [-0.3, -0.25) is 0 Å². The molecule has 0 unspecified atom stereocenters. The molecule has 0 saturated carbocycles. The highest BCUT2D eigenvalue weighted by Gasteiger charge is 2.33. The van der Waals surface area contributed by atoms with Gasteiger partial charge in [0, 0.05) is 75.1 Å². The fraction of sp³-hybridized carbons (Fsp3) is 0.195. The molecule has 0 aliphatic carbocycles. The molecule has 0 radical (unpaired) electrons. The smallest absolute Gasteiger partial charge is 0.276 e. The van der Waals surface area contributed by atoms with Gasteiger partial charge in [0.05, 0.1) is 37.8 Å². The highest BCUT2D eigenvalue weighted by Crippen LogP contribution is 2.43. The van der Waals surface area contributed by atoms with E-state index in [0.29, 0.717) is 5.92 Å². The van der Waals surface area contributed by atoms with Gasteiger partial charge in [0.15, 0.2) is 0 Å². The second-order valence-corrected chi connectivity index (χ2v) is 26.0. The Kier molecular flexibility index (Phi) is 14.8. The summed E-state index contributed by atoms with van der Waals surface area (Å²) in [7, 11) is 5.99. The number of rotatable bonds is 8. The molecule has 0 amide bonds. The van der Waals surface area contributed by atoms with Gasteiger partial charge in [-0.05, 0) is 148 Å². The van der Waals surface area contributed by atoms with E-state index >= 15 is 0 Å². The first-order valence-corrected chi connectivity index (χ1v) is 32.6. The Hall–Kier alpha value is -11.2. The standard InChI is InChI=1S/C30H24N3O2.C28H30N3O.C24H22N3O/c1-17-13-14-22-20-9-5-7-11-24(20)35-29(22)26(17)30-32(4)31-16-33(30)27-18(2)15-23-21-10-6-8-12-25(21)34-28(23)19(27)3;1-17(2)22-15-23-21-13-9-10-14-24(21)32-27(23)25(18(3)4)26(22)31-16-29-30(6)28(31)20-12-8-7-11-19(20)5;1-15-9-5-6-10-18(15)24-26(4)25-14-27(24)22-16(2)13-20-19-11-7-8-12-21(19)28-23(20)17(22)3/h5-16H,1-4H3;7-18H,1-6H3;5-14H,1-4H3/q3*+1. The van der Waals surface area contributed by atoms with E-state index < -0.39 is 0 Å². The summed E-state index contributed by atoms with van der Waals surface area (Å²) >= 11 is 0. The third-order valence-corrected chi connectivity index (χ3v) is 19.1. The van der Waals surface area contributed by atoms with Crippen molar-refractivity contribution in [3.05, 3.63) is 245 Å². The van der Waals surface area contributed by atoms with Crippen LogP contribution in [0.5, 0.6) is 0 Å². The Bertz CT molecular complexity index is 5900. The first-order chi connectivity index (χ1) is 46.0. The van der Waals surface area contributed by atoms with Gasteiger partial charge in [-0.2, -0.15) is 13.7 Å². The predicted octanol–water partition coefficient (Wildman–Crippen LogP) is 19.1. The van der Waals surface area contributed by atoms with E-state index in [1.165, 1.54) is 55.4 Å². The molecule has 17 rings (SSSR count). The molecule has 13 nitrogen and oxygen atoms in total. The molecule has 0 atom stereocenters. The monoisotopic (exact) mass is 1250 g/mol. The van der Waals surface area contributed by atoms with E-state index in [0.717, 1.165) is 134 Å². The first-order valence-electron chi connectivity index (χ1n) is 32.6. The third kappa shape index (κ3) is 9.81. The van der Waals surface area contributed by atoms with Crippen LogP contribution in [0.4, 0.5) is 0 Å². The maximum absolute atomic E-state index is 6.48. The maximum atomic E-state index is 6.48. The number of para-hydroxylation sites is 4. The van der Waals surface area contributed by atoms with Crippen LogP contribution in [0.15, 0.2) is 213 Å². The van der Waals surface area contributed by atoms with Crippen LogP contribution >= 0.6 is 0 Å². The minimum absolute atomic E-state index is 0.282. The number of aryl methyl sites for hydroxylation is 10. The van der Waals surface area contributed by atoms with E-state index in [9.17, 15) is 0 Å². The second-order valence-electron chi connectivity index (χ2n) is 26.0. The highest BCUT2D eigenvalue weighted by molar-refractivity contribution is 6.11. The topological polar surface area (TPSA) is 118 Å². The van der Waals surface area contributed by atoms with Gasteiger partial charge in [0.25, 0.3) is 36.5 Å². The summed E-state index contributed by atoms with van der Waals surface area (Å²) in [6.07, 6.45) is 5.73. The lowest BCUT2D eigenvalue weighted by Crippen LogP contribution is -2.35. The molecule has 0 aliphatic heterocycles. The van der Waals surface area contributed by atoms with Gasteiger partial charge in [0.1, 0.15) is 61.7 Å². The van der Waals surface area contributed by atoms with Crippen LogP contribution in [0.25, 0.3) is 139 Å².